The number of hydrogen-bond acceptors (Lipinski definition) is 5. The van der Waals surface area contributed by atoms with Crippen LogP contribution in [0, 0.1) is 11.8 Å². The van der Waals surface area contributed by atoms with Crippen LogP contribution < -0.4 is 9.80 Å². The van der Waals surface area contributed by atoms with Crippen molar-refractivity contribution in [2.45, 2.75) is 12.1 Å². The van der Waals surface area contributed by atoms with Crippen molar-refractivity contribution in [1.82, 2.24) is 0 Å². The molecule has 3 aromatic rings. The molecule has 0 N–H and O–H groups in total. The quantitative estimate of drug-likeness (QED) is 0.405. The van der Waals surface area contributed by atoms with Gasteiger partial charge in [-0.25, -0.2) is 4.90 Å². The molecule has 2 aromatic carbocycles. The molecular weight excluding hydrogens is 472 g/mol. The summed E-state index contributed by atoms with van der Waals surface area (Å²) in [6, 6.07) is 16.8. The summed E-state index contributed by atoms with van der Waals surface area (Å²) in [7, 11) is 0. The molecule has 0 saturated carbocycles. The van der Waals surface area contributed by atoms with E-state index in [1.165, 1.54) is 11.2 Å². The number of amides is 2. The fraction of sp³-hybridized carbons (Fsp3) is 0.160. The van der Waals surface area contributed by atoms with Gasteiger partial charge in [0.05, 0.1) is 29.8 Å². The minimum absolute atomic E-state index is 0.183. The Morgan fingerprint density at radius 2 is 1.75 bits per heavy atom. The van der Waals surface area contributed by atoms with E-state index in [9.17, 15) is 14.4 Å². The third-order valence-electron chi connectivity index (χ3n) is 6.51. The summed E-state index contributed by atoms with van der Waals surface area (Å²) in [4.78, 5) is 44.1. The second kappa shape index (κ2) is 7.03. The Morgan fingerprint density at radius 3 is 2.53 bits per heavy atom. The van der Waals surface area contributed by atoms with Crippen molar-refractivity contribution in [2.24, 2.45) is 11.8 Å². The molecule has 0 spiro atoms. The van der Waals surface area contributed by atoms with Gasteiger partial charge in [-0.05, 0) is 42.0 Å². The Kier molecular flexibility index (Phi) is 4.23. The smallest absolute Gasteiger partial charge is 0.240 e. The third-order valence-corrected chi connectivity index (χ3v) is 7.01. The van der Waals surface area contributed by atoms with Gasteiger partial charge in [-0.15, -0.1) is 0 Å². The molecule has 3 aliphatic heterocycles. The Bertz CT molecular complexity index is 1300. The predicted octanol–water partition coefficient (Wildman–Crippen LogP) is 4.31. The van der Waals surface area contributed by atoms with Crippen molar-refractivity contribution < 1.29 is 18.8 Å². The zero-order valence-corrected chi connectivity index (χ0v) is 18.3. The molecule has 2 amide bonds. The summed E-state index contributed by atoms with van der Waals surface area (Å²) in [5.74, 6) is -2.22. The first kappa shape index (κ1) is 19.3. The third kappa shape index (κ3) is 2.61. The number of anilines is 2. The number of fused-ring (bicyclic) bond motifs is 5. The van der Waals surface area contributed by atoms with Crippen LogP contribution in [0.3, 0.4) is 0 Å². The maximum absolute atomic E-state index is 13.7. The lowest BCUT2D eigenvalue weighted by Crippen LogP contribution is -2.48. The van der Waals surface area contributed by atoms with Crippen molar-refractivity contribution in [2.75, 3.05) is 9.80 Å². The maximum Gasteiger partial charge on any atom is 0.240 e. The molecule has 6 nitrogen and oxygen atoms in total. The summed E-state index contributed by atoms with van der Waals surface area (Å²) < 4.78 is 6.17. The van der Waals surface area contributed by atoms with E-state index in [0.29, 0.717) is 5.69 Å². The minimum atomic E-state index is -0.837. The highest BCUT2D eigenvalue weighted by atomic mass is 79.9. The minimum Gasteiger partial charge on any atom is -0.461 e. The second-order valence-electron chi connectivity index (χ2n) is 8.15. The standard InChI is InChI=1S/C25H17BrN2O4/c26-15-6-3-7-16(13-15)27-24(30)20-18-11-10-14-5-1-2-8-17(14)28(18)22(21(20)25(27)31)23(29)19-9-4-12-32-19/h1-13,18,20-22H/t18-,20-,21-,22+/m1/s1. The molecule has 1 aromatic heterocycles. The van der Waals surface area contributed by atoms with E-state index in [2.05, 4.69) is 15.9 Å². The number of benzene rings is 2. The molecular formula is C25H17BrN2O4. The average molecular weight is 489 g/mol. The number of ketones is 1. The predicted molar refractivity (Wildman–Crippen MR) is 122 cm³/mol. The molecule has 158 valence electrons. The largest absolute Gasteiger partial charge is 0.461 e. The van der Waals surface area contributed by atoms with E-state index >= 15 is 0 Å². The monoisotopic (exact) mass is 488 g/mol. The van der Waals surface area contributed by atoms with Gasteiger partial charge < -0.3 is 9.32 Å². The molecule has 0 aliphatic carbocycles. The van der Waals surface area contributed by atoms with Crippen molar-refractivity contribution in [3.63, 3.8) is 0 Å². The van der Waals surface area contributed by atoms with Crippen LogP contribution in [-0.2, 0) is 9.59 Å². The number of carbonyl (C=O) groups excluding carboxylic acids is 3. The van der Waals surface area contributed by atoms with E-state index in [1.54, 1.807) is 30.3 Å². The average Bonchev–Trinajstić information content (AvgIpc) is 3.50. The second-order valence-corrected chi connectivity index (χ2v) is 9.06. The highest BCUT2D eigenvalue weighted by Crippen LogP contribution is 2.49. The van der Waals surface area contributed by atoms with E-state index in [4.69, 9.17) is 4.42 Å². The van der Waals surface area contributed by atoms with Gasteiger partial charge in [0.2, 0.25) is 17.6 Å². The Morgan fingerprint density at radius 1 is 0.938 bits per heavy atom. The Labute approximate surface area is 192 Å². The zero-order valence-electron chi connectivity index (χ0n) is 16.7. The molecule has 0 radical (unpaired) electrons. The van der Waals surface area contributed by atoms with Crippen LogP contribution in [0.15, 0.2) is 81.9 Å². The lowest BCUT2D eigenvalue weighted by molar-refractivity contribution is -0.122. The molecule has 2 saturated heterocycles. The number of para-hydroxylation sites is 1. The van der Waals surface area contributed by atoms with E-state index in [0.717, 1.165) is 15.7 Å². The van der Waals surface area contributed by atoms with Gasteiger partial charge in [0.15, 0.2) is 5.76 Å². The van der Waals surface area contributed by atoms with Crippen LogP contribution in [-0.4, -0.2) is 29.7 Å². The lowest BCUT2D eigenvalue weighted by atomic mass is 9.87. The van der Waals surface area contributed by atoms with Crippen LogP contribution in [0.4, 0.5) is 11.4 Å². The highest BCUT2D eigenvalue weighted by molar-refractivity contribution is 9.10. The number of Topliss-reactive ketones (excluding diaryl/α,β-unsaturated/α-hetero) is 1. The molecule has 4 heterocycles. The van der Waals surface area contributed by atoms with Crippen LogP contribution in [0.2, 0.25) is 0 Å². The fourth-order valence-electron chi connectivity index (χ4n) is 5.25. The van der Waals surface area contributed by atoms with Crippen LogP contribution in [0.5, 0.6) is 0 Å². The van der Waals surface area contributed by atoms with Crippen molar-refractivity contribution in [3.05, 3.63) is 88.8 Å². The highest BCUT2D eigenvalue weighted by Gasteiger charge is 2.64. The van der Waals surface area contributed by atoms with E-state index in [-0.39, 0.29) is 23.4 Å². The topological polar surface area (TPSA) is 70.8 Å². The van der Waals surface area contributed by atoms with Crippen LogP contribution >= 0.6 is 15.9 Å². The van der Waals surface area contributed by atoms with Gasteiger partial charge in [-0.2, -0.15) is 0 Å². The number of halogens is 1. The summed E-state index contributed by atoms with van der Waals surface area (Å²) in [6.07, 6.45) is 5.34. The number of furan rings is 1. The molecule has 3 aliphatic rings. The summed E-state index contributed by atoms with van der Waals surface area (Å²) >= 11 is 3.41. The number of imide groups is 1. The van der Waals surface area contributed by atoms with Gasteiger partial charge in [-0.1, -0.05) is 52.3 Å². The SMILES string of the molecule is O=C(c1ccco1)[C@@H]1[C@@H]2C(=O)N(c3cccc(Br)c3)C(=O)[C@@H]2[C@H]2C=Cc3ccccc3N21. The number of rotatable bonds is 3. The Hall–Kier alpha value is -3.45. The van der Waals surface area contributed by atoms with Crippen LogP contribution in [0.25, 0.3) is 6.08 Å². The molecule has 4 atom stereocenters. The van der Waals surface area contributed by atoms with Gasteiger partial charge in [-0.3, -0.25) is 14.4 Å². The van der Waals surface area contributed by atoms with E-state index < -0.39 is 23.9 Å². The zero-order chi connectivity index (χ0) is 22.0. The van der Waals surface area contributed by atoms with Crippen molar-refractivity contribution in [3.8, 4) is 0 Å². The maximum atomic E-state index is 13.7. The molecule has 32 heavy (non-hydrogen) atoms. The summed E-state index contributed by atoms with van der Waals surface area (Å²) in [5, 5.41) is 0. The van der Waals surface area contributed by atoms with Crippen LogP contribution in [0.1, 0.15) is 16.1 Å². The van der Waals surface area contributed by atoms with Gasteiger partial charge in [0, 0.05) is 10.2 Å². The van der Waals surface area contributed by atoms with E-state index in [1.807, 2.05) is 47.4 Å². The first-order valence-corrected chi connectivity index (χ1v) is 11.1. The van der Waals surface area contributed by atoms with Gasteiger partial charge >= 0.3 is 0 Å². The van der Waals surface area contributed by atoms with Gasteiger partial charge in [0.25, 0.3) is 0 Å². The number of hydrogen-bond donors (Lipinski definition) is 0. The molecule has 7 heteroatoms. The Balaban J connectivity index is 1.51. The van der Waals surface area contributed by atoms with Crippen molar-refractivity contribution >= 4 is 51.0 Å². The van der Waals surface area contributed by atoms with Gasteiger partial charge in [0.1, 0.15) is 6.04 Å². The molecule has 2 fully saturated rings. The van der Waals surface area contributed by atoms with Crippen molar-refractivity contribution in [1.29, 1.82) is 0 Å². The fourth-order valence-corrected chi connectivity index (χ4v) is 5.63. The normalized spacial score (nSPS) is 25.7. The summed E-state index contributed by atoms with van der Waals surface area (Å²) in [6.45, 7) is 0. The molecule has 0 bridgehead atoms. The first-order valence-electron chi connectivity index (χ1n) is 10.3. The first-order chi connectivity index (χ1) is 15.6. The molecule has 0 unspecified atom stereocenters. The lowest BCUT2D eigenvalue weighted by Gasteiger charge is -2.36. The number of carbonyl (C=O) groups is 3. The molecule has 6 rings (SSSR count). The number of nitrogens with zero attached hydrogens (tertiary/aromatic N) is 2. The summed E-state index contributed by atoms with van der Waals surface area (Å²) in [5.41, 5.74) is 2.29.